The minimum absolute atomic E-state index is 0.000459. The summed E-state index contributed by atoms with van der Waals surface area (Å²) in [5.41, 5.74) is -0.146. The van der Waals surface area contributed by atoms with E-state index in [4.69, 9.17) is 11.6 Å². The molecule has 0 saturated heterocycles. The molecule has 5 aromatic rings. The van der Waals surface area contributed by atoms with Crippen molar-refractivity contribution in [3.63, 3.8) is 0 Å². The van der Waals surface area contributed by atoms with Gasteiger partial charge in [0.15, 0.2) is 9.84 Å². The number of carbonyl (C=O) groups excluding carboxylic acids is 1. The van der Waals surface area contributed by atoms with E-state index in [9.17, 15) is 35.2 Å². The number of fused-ring (bicyclic) bond motifs is 2. The van der Waals surface area contributed by atoms with E-state index < -0.39 is 47.9 Å². The molecule has 0 aliphatic carbocycles. The van der Waals surface area contributed by atoms with E-state index >= 15 is 0 Å². The van der Waals surface area contributed by atoms with Gasteiger partial charge in [-0.2, -0.15) is 0 Å². The van der Waals surface area contributed by atoms with Gasteiger partial charge in [0.2, 0.25) is 0 Å². The number of aromatic amines is 1. The number of carbonyl (C=O) groups is 1. The van der Waals surface area contributed by atoms with Crippen LogP contribution in [0.25, 0.3) is 22.0 Å². The maximum Gasteiger partial charge on any atom is 0.282 e. The van der Waals surface area contributed by atoms with Crippen LogP contribution < -0.4 is 10.3 Å². The van der Waals surface area contributed by atoms with Crippen molar-refractivity contribution >= 4 is 48.3 Å². The summed E-state index contributed by atoms with van der Waals surface area (Å²) in [5.74, 6) is -3.17. The third kappa shape index (κ3) is 5.55. The number of hydrogen-bond acceptors (Lipinski definition) is 6. The Kier molecular flexibility index (Phi) is 7.66. The van der Waals surface area contributed by atoms with Crippen LogP contribution in [0.2, 0.25) is 5.02 Å². The van der Waals surface area contributed by atoms with Gasteiger partial charge in [0.25, 0.3) is 21.5 Å². The Morgan fingerprint density at radius 2 is 1.87 bits per heavy atom. The first-order valence-corrected chi connectivity index (χ1v) is 17.2. The predicted octanol–water partition coefficient (Wildman–Crippen LogP) is 5.38. The molecule has 14 heteroatoms. The topological polar surface area (TPSA) is 135 Å². The van der Waals surface area contributed by atoms with E-state index in [1.807, 2.05) is 11.6 Å². The van der Waals surface area contributed by atoms with Gasteiger partial charge in [0.05, 0.1) is 22.1 Å². The lowest BCUT2D eigenvalue weighted by molar-refractivity contribution is 0.0974. The third-order valence-corrected chi connectivity index (χ3v) is 11.2. The number of sulfonamides is 1. The number of hydrogen-bond donors (Lipinski definition) is 2. The minimum Gasteiger partial charge on any atom is -0.331 e. The standard InChI is InChI=1S/C31H24ClF2N3O6S2/c1-17-10-12-44(40,41)27-15-21(7-8-22(17)27)45(42,43)36-31(39)29-28(23-3-2-11-35-30(23)38)24-13-19(32)5-9-26(24)37(29)16-18-4-6-20(33)14-25(18)34/h2-9,11,13-15,17H,10,12,16H2,1H3,(H,35,38)(H,36,39). The van der Waals surface area contributed by atoms with Crippen molar-refractivity contribution in [3.8, 4) is 11.1 Å². The monoisotopic (exact) mass is 671 g/mol. The molecule has 232 valence electrons. The number of sulfone groups is 1. The highest BCUT2D eigenvalue weighted by Crippen LogP contribution is 2.37. The van der Waals surface area contributed by atoms with Gasteiger partial charge < -0.3 is 9.55 Å². The molecule has 0 bridgehead atoms. The van der Waals surface area contributed by atoms with Crippen molar-refractivity contribution in [1.29, 1.82) is 0 Å². The summed E-state index contributed by atoms with van der Waals surface area (Å²) in [6, 6.07) is 14.0. The first-order chi connectivity index (χ1) is 21.3. The molecule has 0 fully saturated rings. The van der Waals surface area contributed by atoms with Crippen LogP contribution in [0.4, 0.5) is 8.78 Å². The second-order valence-electron chi connectivity index (χ2n) is 10.8. The van der Waals surface area contributed by atoms with Crippen molar-refractivity contribution in [2.24, 2.45) is 0 Å². The molecular weight excluding hydrogens is 648 g/mol. The molecule has 2 N–H and O–H groups in total. The Bertz CT molecular complexity index is 2320. The smallest absolute Gasteiger partial charge is 0.282 e. The molecule has 6 rings (SSSR count). The fourth-order valence-electron chi connectivity index (χ4n) is 5.62. The average molecular weight is 672 g/mol. The molecule has 3 aromatic carbocycles. The van der Waals surface area contributed by atoms with E-state index in [1.165, 1.54) is 59.3 Å². The third-order valence-electron chi connectivity index (χ3n) is 7.88. The summed E-state index contributed by atoms with van der Waals surface area (Å²) < 4.78 is 84.7. The molecule has 3 heterocycles. The van der Waals surface area contributed by atoms with Gasteiger partial charge in [-0.3, -0.25) is 9.59 Å². The number of amides is 1. The van der Waals surface area contributed by atoms with Gasteiger partial charge in [-0.15, -0.1) is 0 Å². The van der Waals surface area contributed by atoms with Gasteiger partial charge in [-0.25, -0.2) is 30.3 Å². The van der Waals surface area contributed by atoms with Crippen LogP contribution in [0.3, 0.4) is 0 Å². The Morgan fingerprint density at radius 3 is 2.60 bits per heavy atom. The number of nitrogens with one attached hydrogen (secondary N) is 2. The lowest BCUT2D eigenvalue weighted by atomic mass is 9.98. The van der Waals surface area contributed by atoms with Gasteiger partial charge >= 0.3 is 0 Å². The summed E-state index contributed by atoms with van der Waals surface area (Å²) in [6.45, 7) is 1.48. The molecule has 45 heavy (non-hydrogen) atoms. The molecule has 1 unspecified atom stereocenters. The van der Waals surface area contributed by atoms with E-state index in [0.29, 0.717) is 23.6 Å². The zero-order chi connectivity index (χ0) is 32.3. The SMILES string of the molecule is CC1CCS(=O)(=O)c2cc(S(=O)(=O)NC(=O)c3c(-c4ccc[nH]c4=O)c4cc(Cl)ccc4n3Cc3ccc(F)cc3F)ccc21. The van der Waals surface area contributed by atoms with Crippen molar-refractivity contribution in [3.05, 3.63) is 117 Å². The quantitative estimate of drug-likeness (QED) is 0.249. The summed E-state index contributed by atoms with van der Waals surface area (Å²) >= 11 is 6.30. The second-order valence-corrected chi connectivity index (χ2v) is 15.0. The Balaban J connectivity index is 1.55. The molecule has 0 saturated carbocycles. The first-order valence-electron chi connectivity index (χ1n) is 13.6. The summed E-state index contributed by atoms with van der Waals surface area (Å²) in [5, 5.41) is 0.531. The number of rotatable bonds is 6. The highest BCUT2D eigenvalue weighted by atomic mass is 35.5. The fraction of sp³-hybridized carbons (Fsp3) is 0.161. The fourth-order valence-corrected chi connectivity index (χ4v) is 8.67. The van der Waals surface area contributed by atoms with Gasteiger partial charge in [-0.1, -0.05) is 30.7 Å². The van der Waals surface area contributed by atoms with Crippen molar-refractivity contribution in [1.82, 2.24) is 14.3 Å². The van der Waals surface area contributed by atoms with E-state index in [2.05, 4.69) is 4.98 Å². The molecule has 1 aliphatic rings. The molecule has 0 spiro atoms. The zero-order valence-corrected chi connectivity index (χ0v) is 25.9. The lowest BCUT2D eigenvalue weighted by Crippen LogP contribution is -2.33. The molecule has 1 aliphatic heterocycles. The van der Waals surface area contributed by atoms with Gasteiger partial charge in [0, 0.05) is 44.9 Å². The highest BCUT2D eigenvalue weighted by molar-refractivity contribution is 7.92. The molecule has 9 nitrogen and oxygen atoms in total. The molecule has 1 amide bonds. The van der Waals surface area contributed by atoms with E-state index in [1.54, 1.807) is 0 Å². The van der Waals surface area contributed by atoms with Gasteiger partial charge in [0.1, 0.15) is 17.3 Å². The normalized spacial score (nSPS) is 16.0. The van der Waals surface area contributed by atoms with Crippen LogP contribution >= 0.6 is 11.6 Å². The Labute approximate surface area is 261 Å². The van der Waals surface area contributed by atoms with Crippen LogP contribution in [0.1, 0.15) is 40.9 Å². The second kappa shape index (κ2) is 11.2. The van der Waals surface area contributed by atoms with Crippen molar-refractivity contribution < 1.29 is 30.4 Å². The molecular formula is C31H24ClF2N3O6S2. The Hall–Kier alpha value is -4.33. The highest BCUT2D eigenvalue weighted by Gasteiger charge is 2.32. The van der Waals surface area contributed by atoms with Crippen LogP contribution in [0.5, 0.6) is 0 Å². The van der Waals surface area contributed by atoms with Crippen LogP contribution in [-0.4, -0.2) is 38.0 Å². The number of benzene rings is 3. The van der Waals surface area contributed by atoms with Crippen LogP contribution in [0, 0.1) is 11.6 Å². The number of halogens is 3. The predicted molar refractivity (Wildman–Crippen MR) is 165 cm³/mol. The minimum atomic E-state index is -4.68. The van der Waals surface area contributed by atoms with Gasteiger partial charge in [-0.05, 0) is 66.4 Å². The maximum atomic E-state index is 14.9. The number of pyridine rings is 1. The average Bonchev–Trinajstić information content (AvgIpc) is 3.29. The maximum absolute atomic E-state index is 14.9. The molecule has 2 aromatic heterocycles. The zero-order valence-electron chi connectivity index (χ0n) is 23.5. The Morgan fingerprint density at radius 1 is 1.09 bits per heavy atom. The summed E-state index contributed by atoms with van der Waals surface area (Å²) in [4.78, 5) is 29.0. The summed E-state index contributed by atoms with van der Waals surface area (Å²) in [7, 11) is -8.43. The number of nitrogens with zero attached hydrogens (tertiary/aromatic N) is 1. The number of H-pyrrole nitrogens is 1. The van der Waals surface area contributed by atoms with Crippen LogP contribution in [0.15, 0.2) is 87.5 Å². The largest absolute Gasteiger partial charge is 0.331 e. The first kappa shape index (κ1) is 30.7. The summed E-state index contributed by atoms with van der Waals surface area (Å²) in [6.07, 6.45) is 1.77. The van der Waals surface area contributed by atoms with E-state index in [-0.39, 0.29) is 55.9 Å². The lowest BCUT2D eigenvalue weighted by Gasteiger charge is -2.23. The van der Waals surface area contributed by atoms with E-state index in [0.717, 1.165) is 12.1 Å². The molecule has 1 atom stereocenters. The van der Waals surface area contributed by atoms with Crippen molar-refractivity contribution in [2.45, 2.75) is 35.6 Å². The van der Waals surface area contributed by atoms with Crippen LogP contribution in [-0.2, 0) is 26.4 Å². The van der Waals surface area contributed by atoms with Crippen molar-refractivity contribution in [2.75, 3.05) is 5.75 Å². The molecule has 0 radical (unpaired) electrons. The number of aromatic nitrogens is 2.